The second-order valence-corrected chi connectivity index (χ2v) is 5.47. The molecule has 1 atom stereocenters. The third-order valence-electron chi connectivity index (χ3n) is 3.87. The van der Waals surface area contributed by atoms with Crippen molar-refractivity contribution in [2.45, 2.75) is 18.9 Å². The van der Waals surface area contributed by atoms with Crippen LogP contribution in [0.2, 0.25) is 0 Å². The number of anilines is 1. The van der Waals surface area contributed by atoms with Gasteiger partial charge in [-0.15, -0.1) is 0 Å². The monoisotopic (exact) mass is 280 g/mol. The highest BCUT2D eigenvalue weighted by atomic mass is 16.2. The molecule has 108 valence electrons. The van der Waals surface area contributed by atoms with Gasteiger partial charge in [0.05, 0.1) is 0 Å². The van der Waals surface area contributed by atoms with Crippen molar-refractivity contribution in [1.29, 1.82) is 0 Å². The summed E-state index contributed by atoms with van der Waals surface area (Å²) in [6, 6.07) is 20.1. The molecule has 2 aromatic rings. The van der Waals surface area contributed by atoms with E-state index >= 15 is 0 Å². The maximum Gasteiger partial charge on any atom is 0.253 e. The molecule has 2 aromatic carbocycles. The lowest BCUT2D eigenvalue weighted by Crippen LogP contribution is -2.45. The highest BCUT2D eigenvalue weighted by molar-refractivity contribution is 5.94. The standard InChI is InChI=1S/C18H20N2O/c21-18(15-8-3-1-4-9-15)20-13-7-12-17(14-20)19-16-10-5-2-6-11-16/h1-6,8-11,17,19H,7,12-14H2. The third-order valence-corrected chi connectivity index (χ3v) is 3.87. The average molecular weight is 280 g/mol. The van der Waals surface area contributed by atoms with Crippen molar-refractivity contribution >= 4 is 11.6 Å². The van der Waals surface area contributed by atoms with Gasteiger partial charge >= 0.3 is 0 Å². The lowest BCUT2D eigenvalue weighted by atomic mass is 10.0. The van der Waals surface area contributed by atoms with E-state index in [1.807, 2.05) is 53.4 Å². The fourth-order valence-electron chi connectivity index (χ4n) is 2.81. The molecule has 1 aliphatic rings. The number of hydrogen-bond acceptors (Lipinski definition) is 2. The van der Waals surface area contributed by atoms with E-state index in [2.05, 4.69) is 17.4 Å². The Bertz CT molecular complexity index is 583. The van der Waals surface area contributed by atoms with Gasteiger partial charge in [-0.2, -0.15) is 0 Å². The van der Waals surface area contributed by atoms with Crippen LogP contribution in [0.25, 0.3) is 0 Å². The smallest absolute Gasteiger partial charge is 0.253 e. The van der Waals surface area contributed by atoms with Gasteiger partial charge in [0.25, 0.3) is 5.91 Å². The summed E-state index contributed by atoms with van der Waals surface area (Å²) in [4.78, 5) is 14.5. The number of carbonyl (C=O) groups is 1. The minimum Gasteiger partial charge on any atom is -0.381 e. The number of rotatable bonds is 3. The zero-order chi connectivity index (χ0) is 14.5. The third kappa shape index (κ3) is 3.43. The van der Waals surface area contributed by atoms with Crippen molar-refractivity contribution in [2.24, 2.45) is 0 Å². The maximum atomic E-state index is 12.5. The van der Waals surface area contributed by atoms with Crippen LogP contribution in [0.4, 0.5) is 5.69 Å². The van der Waals surface area contributed by atoms with Gasteiger partial charge in [0.15, 0.2) is 0 Å². The highest BCUT2D eigenvalue weighted by Crippen LogP contribution is 2.17. The van der Waals surface area contributed by atoms with Crippen LogP contribution in [-0.2, 0) is 0 Å². The van der Waals surface area contributed by atoms with Gasteiger partial charge in [0, 0.05) is 30.4 Å². The summed E-state index contributed by atoms with van der Waals surface area (Å²) in [6.07, 6.45) is 2.15. The number of nitrogens with zero attached hydrogens (tertiary/aromatic N) is 1. The predicted molar refractivity (Wildman–Crippen MR) is 85.4 cm³/mol. The van der Waals surface area contributed by atoms with E-state index in [4.69, 9.17) is 0 Å². The summed E-state index contributed by atoms with van der Waals surface area (Å²) < 4.78 is 0. The fourth-order valence-corrected chi connectivity index (χ4v) is 2.81. The van der Waals surface area contributed by atoms with Gasteiger partial charge in [-0.1, -0.05) is 36.4 Å². The van der Waals surface area contributed by atoms with Gasteiger partial charge in [-0.05, 0) is 37.1 Å². The van der Waals surface area contributed by atoms with Crippen LogP contribution >= 0.6 is 0 Å². The minimum atomic E-state index is 0.134. The van der Waals surface area contributed by atoms with E-state index < -0.39 is 0 Å². The molecule has 3 rings (SSSR count). The molecule has 0 saturated carbocycles. The summed E-state index contributed by atoms with van der Waals surface area (Å²) in [5.41, 5.74) is 1.90. The molecule has 3 heteroatoms. The number of hydrogen-bond donors (Lipinski definition) is 1. The number of benzene rings is 2. The van der Waals surface area contributed by atoms with Crippen molar-refractivity contribution in [3.63, 3.8) is 0 Å². The molecule has 1 unspecified atom stereocenters. The Morgan fingerprint density at radius 1 is 1.00 bits per heavy atom. The van der Waals surface area contributed by atoms with Gasteiger partial charge < -0.3 is 10.2 Å². The van der Waals surface area contributed by atoms with Crippen molar-refractivity contribution in [1.82, 2.24) is 4.90 Å². The first-order valence-corrected chi connectivity index (χ1v) is 7.49. The number of piperidine rings is 1. The Hall–Kier alpha value is -2.29. The zero-order valence-corrected chi connectivity index (χ0v) is 12.0. The summed E-state index contributed by atoms with van der Waals surface area (Å²) >= 11 is 0. The molecule has 1 aliphatic heterocycles. The molecule has 1 heterocycles. The largest absolute Gasteiger partial charge is 0.381 e. The first kappa shape index (κ1) is 13.7. The quantitative estimate of drug-likeness (QED) is 0.934. The van der Waals surface area contributed by atoms with Crippen LogP contribution in [0.15, 0.2) is 60.7 Å². The van der Waals surface area contributed by atoms with Crippen LogP contribution in [-0.4, -0.2) is 29.9 Å². The number of likely N-dealkylation sites (tertiary alicyclic amines) is 1. The molecular weight excluding hydrogens is 260 g/mol. The van der Waals surface area contributed by atoms with E-state index in [-0.39, 0.29) is 5.91 Å². The first-order valence-electron chi connectivity index (χ1n) is 7.49. The molecule has 3 nitrogen and oxygen atoms in total. The Morgan fingerprint density at radius 3 is 2.38 bits per heavy atom. The van der Waals surface area contributed by atoms with Crippen LogP contribution in [0, 0.1) is 0 Å². The Balaban J connectivity index is 1.64. The Labute approximate surface area is 125 Å². The van der Waals surface area contributed by atoms with E-state index in [0.717, 1.165) is 37.2 Å². The fraction of sp³-hybridized carbons (Fsp3) is 0.278. The molecule has 0 bridgehead atoms. The van der Waals surface area contributed by atoms with Crippen molar-refractivity contribution in [3.8, 4) is 0 Å². The number of nitrogens with one attached hydrogen (secondary N) is 1. The second kappa shape index (κ2) is 6.44. The maximum absolute atomic E-state index is 12.5. The molecule has 1 amide bonds. The summed E-state index contributed by atoms with van der Waals surface area (Å²) in [5, 5.41) is 3.52. The van der Waals surface area contributed by atoms with Crippen LogP contribution < -0.4 is 5.32 Å². The van der Waals surface area contributed by atoms with E-state index in [1.165, 1.54) is 0 Å². The lowest BCUT2D eigenvalue weighted by Gasteiger charge is -2.33. The normalized spacial score (nSPS) is 18.3. The van der Waals surface area contributed by atoms with E-state index in [1.54, 1.807) is 0 Å². The molecule has 21 heavy (non-hydrogen) atoms. The molecular formula is C18H20N2O. The lowest BCUT2D eigenvalue weighted by molar-refractivity contribution is 0.0715. The van der Waals surface area contributed by atoms with Crippen molar-refractivity contribution in [3.05, 3.63) is 66.2 Å². The highest BCUT2D eigenvalue weighted by Gasteiger charge is 2.24. The molecule has 1 N–H and O–H groups in total. The number of carbonyl (C=O) groups excluding carboxylic acids is 1. The molecule has 0 aliphatic carbocycles. The van der Waals surface area contributed by atoms with Crippen LogP contribution in [0.5, 0.6) is 0 Å². The number of para-hydroxylation sites is 1. The molecule has 0 spiro atoms. The first-order chi connectivity index (χ1) is 10.3. The molecule has 1 saturated heterocycles. The van der Waals surface area contributed by atoms with Crippen LogP contribution in [0.1, 0.15) is 23.2 Å². The van der Waals surface area contributed by atoms with E-state index in [9.17, 15) is 4.79 Å². The molecule has 1 fully saturated rings. The summed E-state index contributed by atoms with van der Waals surface area (Å²) in [5.74, 6) is 0.134. The van der Waals surface area contributed by atoms with Gasteiger partial charge in [-0.3, -0.25) is 4.79 Å². The van der Waals surface area contributed by atoms with Gasteiger partial charge in [0.1, 0.15) is 0 Å². The summed E-state index contributed by atoms with van der Waals surface area (Å²) in [6.45, 7) is 1.61. The average Bonchev–Trinajstić information content (AvgIpc) is 2.56. The topological polar surface area (TPSA) is 32.3 Å². The second-order valence-electron chi connectivity index (χ2n) is 5.47. The van der Waals surface area contributed by atoms with Gasteiger partial charge in [-0.25, -0.2) is 0 Å². The van der Waals surface area contributed by atoms with Crippen LogP contribution in [0.3, 0.4) is 0 Å². The zero-order valence-electron chi connectivity index (χ0n) is 12.0. The molecule has 0 aromatic heterocycles. The summed E-state index contributed by atoms with van der Waals surface area (Å²) in [7, 11) is 0. The Morgan fingerprint density at radius 2 is 1.67 bits per heavy atom. The van der Waals surface area contributed by atoms with Crippen molar-refractivity contribution in [2.75, 3.05) is 18.4 Å². The predicted octanol–water partition coefficient (Wildman–Crippen LogP) is 3.40. The van der Waals surface area contributed by atoms with Gasteiger partial charge in [0.2, 0.25) is 0 Å². The molecule has 0 radical (unpaired) electrons. The van der Waals surface area contributed by atoms with Crippen molar-refractivity contribution < 1.29 is 4.79 Å². The SMILES string of the molecule is O=C(c1ccccc1)N1CCCC(Nc2ccccc2)C1. The minimum absolute atomic E-state index is 0.134. The Kier molecular flexibility index (Phi) is 4.20. The number of amides is 1. The van der Waals surface area contributed by atoms with E-state index in [0.29, 0.717) is 6.04 Å².